The lowest BCUT2D eigenvalue weighted by molar-refractivity contribution is 0.123. The van der Waals surface area contributed by atoms with Crippen molar-refractivity contribution in [3.8, 4) is 0 Å². The van der Waals surface area contributed by atoms with Crippen molar-refractivity contribution in [3.05, 3.63) is 35.9 Å². The summed E-state index contributed by atoms with van der Waals surface area (Å²) in [5.41, 5.74) is 1.33. The van der Waals surface area contributed by atoms with E-state index in [1.165, 1.54) is 5.56 Å². The summed E-state index contributed by atoms with van der Waals surface area (Å²) in [5.74, 6) is 0. The average molecular weight is 363 g/mol. The number of nitrogens with one attached hydrogen (secondary N) is 2. The molecule has 0 heterocycles. The second-order valence-electron chi connectivity index (χ2n) is 5.16. The van der Waals surface area contributed by atoms with Crippen LogP contribution in [0.15, 0.2) is 30.3 Å². The Hall–Kier alpha value is -0.473. The second-order valence-corrected chi connectivity index (χ2v) is 8.26. The SMILES string of the molecule is CO[Si](CCCNCCCNCc1ccccc1)(OC)OC.Cl. The van der Waals surface area contributed by atoms with Crippen LogP contribution in [-0.4, -0.2) is 49.8 Å². The van der Waals surface area contributed by atoms with Crippen LogP contribution in [0.5, 0.6) is 0 Å². The van der Waals surface area contributed by atoms with Gasteiger partial charge in [-0.3, -0.25) is 0 Å². The van der Waals surface area contributed by atoms with E-state index in [1.54, 1.807) is 21.3 Å². The van der Waals surface area contributed by atoms with Gasteiger partial charge in [0.25, 0.3) is 0 Å². The standard InChI is InChI=1S/C16H30N2O3Si.ClH/c1-19-22(20-2,21-3)14-8-13-17-11-7-12-18-15-16-9-5-4-6-10-16;/h4-6,9-10,17-18H,7-8,11-15H2,1-3H3;1H. The Balaban J connectivity index is 0.00000484. The van der Waals surface area contributed by atoms with E-state index in [0.717, 1.165) is 45.1 Å². The van der Waals surface area contributed by atoms with Crippen LogP contribution in [0.4, 0.5) is 0 Å². The van der Waals surface area contributed by atoms with Crippen LogP contribution >= 0.6 is 12.4 Å². The maximum absolute atomic E-state index is 5.39. The molecule has 134 valence electrons. The molecule has 0 atom stereocenters. The quantitative estimate of drug-likeness (QED) is 0.417. The maximum atomic E-state index is 5.39. The molecule has 0 amide bonds. The molecule has 7 heteroatoms. The Bertz CT molecular complexity index is 373. The van der Waals surface area contributed by atoms with Gasteiger partial charge in [-0.05, 0) is 38.0 Å². The van der Waals surface area contributed by atoms with Crippen molar-refractivity contribution in [1.82, 2.24) is 10.6 Å². The van der Waals surface area contributed by atoms with Crippen LogP contribution in [0.2, 0.25) is 6.04 Å². The average Bonchev–Trinajstić information content (AvgIpc) is 2.58. The largest absolute Gasteiger partial charge is 0.500 e. The number of rotatable bonds is 13. The zero-order valence-corrected chi connectivity index (χ0v) is 16.3. The molecule has 0 spiro atoms. The van der Waals surface area contributed by atoms with Crippen molar-refractivity contribution in [1.29, 1.82) is 0 Å². The molecule has 0 bridgehead atoms. The minimum atomic E-state index is -2.39. The first-order valence-electron chi connectivity index (χ1n) is 7.87. The van der Waals surface area contributed by atoms with Gasteiger partial charge in [0.05, 0.1) is 0 Å². The van der Waals surface area contributed by atoms with Gasteiger partial charge in [0.1, 0.15) is 0 Å². The molecule has 0 aliphatic carbocycles. The molecule has 0 radical (unpaired) electrons. The second kappa shape index (κ2) is 13.9. The van der Waals surface area contributed by atoms with Crippen LogP contribution in [0.3, 0.4) is 0 Å². The molecule has 0 unspecified atom stereocenters. The molecule has 1 rings (SSSR count). The lowest BCUT2D eigenvalue weighted by Gasteiger charge is -2.24. The van der Waals surface area contributed by atoms with Crippen LogP contribution < -0.4 is 10.6 Å². The third kappa shape index (κ3) is 9.41. The van der Waals surface area contributed by atoms with Gasteiger partial charge < -0.3 is 23.9 Å². The predicted molar refractivity (Wildman–Crippen MR) is 99.1 cm³/mol. The minimum absolute atomic E-state index is 0. The molecule has 1 aromatic carbocycles. The normalized spacial score (nSPS) is 11.3. The molecule has 0 aliphatic rings. The number of hydrogen-bond donors (Lipinski definition) is 2. The third-order valence-electron chi connectivity index (χ3n) is 3.65. The van der Waals surface area contributed by atoms with Gasteiger partial charge in [-0.15, -0.1) is 12.4 Å². The molecule has 5 nitrogen and oxygen atoms in total. The lowest BCUT2D eigenvalue weighted by atomic mass is 10.2. The Kier molecular flexibility index (Phi) is 13.6. The van der Waals surface area contributed by atoms with Crippen LogP contribution in [-0.2, 0) is 19.8 Å². The van der Waals surface area contributed by atoms with Gasteiger partial charge in [-0.1, -0.05) is 30.3 Å². The van der Waals surface area contributed by atoms with Crippen molar-refractivity contribution < 1.29 is 13.3 Å². The van der Waals surface area contributed by atoms with Gasteiger partial charge >= 0.3 is 8.80 Å². The van der Waals surface area contributed by atoms with E-state index in [2.05, 4.69) is 34.9 Å². The first-order valence-corrected chi connectivity index (χ1v) is 9.80. The Morgan fingerprint density at radius 3 is 2.00 bits per heavy atom. The fourth-order valence-electron chi connectivity index (χ4n) is 2.28. The summed E-state index contributed by atoms with van der Waals surface area (Å²) >= 11 is 0. The fraction of sp³-hybridized carbons (Fsp3) is 0.625. The van der Waals surface area contributed by atoms with E-state index in [9.17, 15) is 0 Å². The number of benzene rings is 1. The van der Waals surface area contributed by atoms with Gasteiger partial charge in [0.15, 0.2) is 0 Å². The van der Waals surface area contributed by atoms with E-state index >= 15 is 0 Å². The number of hydrogen-bond acceptors (Lipinski definition) is 5. The summed E-state index contributed by atoms with van der Waals surface area (Å²) in [6.45, 7) is 3.94. The topological polar surface area (TPSA) is 51.8 Å². The van der Waals surface area contributed by atoms with Crippen molar-refractivity contribution in [2.24, 2.45) is 0 Å². The zero-order chi connectivity index (χ0) is 16.1. The van der Waals surface area contributed by atoms with Gasteiger partial charge in [-0.25, -0.2) is 0 Å². The molecule has 0 aliphatic heterocycles. The van der Waals surface area contributed by atoms with E-state index in [-0.39, 0.29) is 12.4 Å². The highest BCUT2D eigenvalue weighted by Crippen LogP contribution is 2.14. The highest BCUT2D eigenvalue weighted by Gasteiger charge is 2.36. The van der Waals surface area contributed by atoms with Crippen molar-refractivity contribution >= 4 is 21.2 Å². The fourth-order valence-corrected chi connectivity index (χ4v) is 4.00. The molecule has 0 aromatic heterocycles. The zero-order valence-electron chi connectivity index (χ0n) is 14.5. The van der Waals surface area contributed by atoms with Crippen LogP contribution in [0.25, 0.3) is 0 Å². The Labute approximate surface area is 147 Å². The lowest BCUT2D eigenvalue weighted by Crippen LogP contribution is -2.43. The molecular formula is C16H31ClN2O3Si. The predicted octanol–water partition coefficient (Wildman–Crippen LogP) is 2.45. The van der Waals surface area contributed by atoms with Crippen LogP contribution in [0.1, 0.15) is 18.4 Å². The monoisotopic (exact) mass is 362 g/mol. The van der Waals surface area contributed by atoms with Crippen molar-refractivity contribution in [3.63, 3.8) is 0 Å². The molecule has 0 fully saturated rings. The smallest absolute Gasteiger partial charge is 0.377 e. The van der Waals surface area contributed by atoms with E-state index in [4.69, 9.17) is 13.3 Å². The maximum Gasteiger partial charge on any atom is 0.500 e. The van der Waals surface area contributed by atoms with Gasteiger partial charge in [0.2, 0.25) is 0 Å². The van der Waals surface area contributed by atoms with Gasteiger partial charge in [0, 0.05) is 33.9 Å². The first kappa shape index (κ1) is 22.5. The summed E-state index contributed by atoms with van der Waals surface area (Å²) in [6, 6.07) is 11.3. The molecule has 0 saturated carbocycles. The Morgan fingerprint density at radius 1 is 0.826 bits per heavy atom. The van der Waals surface area contributed by atoms with E-state index in [1.807, 2.05) is 6.07 Å². The molecular weight excluding hydrogens is 332 g/mol. The highest BCUT2D eigenvalue weighted by atomic mass is 35.5. The van der Waals surface area contributed by atoms with Crippen molar-refractivity contribution in [2.45, 2.75) is 25.4 Å². The Morgan fingerprint density at radius 2 is 1.39 bits per heavy atom. The summed E-state index contributed by atoms with van der Waals surface area (Å²) in [6.07, 6.45) is 2.12. The van der Waals surface area contributed by atoms with Crippen LogP contribution in [0, 0.1) is 0 Å². The molecule has 2 N–H and O–H groups in total. The summed E-state index contributed by atoms with van der Waals surface area (Å²) in [4.78, 5) is 0. The molecule has 23 heavy (non-hydrogen) atoms. The van der Waals surface area contributed by atoms with E-state index in [0.29, 0.717) is 0 Å². The molecule has 1 aromatic rings. The highest BCUT2D eigenvalue weighted by molar-refractivity contribution is 6.60. The van der Waals surface area contributed by atoms with Crippen molar-refractivity contribution in [2.75, 3.05) is 41.0 Å². The van der Waals surface area contributed by atoms with E-state index < -0.39 is 8.80 Å². The third-order valence-corrected chi connectivity index (χ3v) is 6.48. The summed E-state index contributed by atoms with van der Waals surface area (Å²) in [5, 5.41) is 6.90. The molecule has 0 saturated heterocycles. The number of halogens is 1. The summed E-state index contributed by atoms with van der Waals surface area (Å²) in [7, 11) is 2.58. The summed E-state index contributed by atoms with van der Waals surface area (Å²) < 4.78 is 16.2. The van der Waals surface area contributed by atoms with Gasteiger partial charge in [-0.2, -0.15) is 0 Å². The minimum Gasteiger partial charge on any atom is -0.377 e. The first-order chi connectivity index (χ1) is 10.8.